The van der Waals surface area contributed by atoms with E-state index in [9.17, 15) is 14.4 Å². The third-order valence-corrected chi connectivity index (χ3v) is 5.23. The monoisotopic (exact) mass is 350 g/mol. The predicted molar refractivity (Wildman–Crippen MR) is 90.3 cm³/mol. The summed E-state index contributed by atoms with van der Waals surface area (Å²) in [5.41, 5.74) is 0. The highest BCUT2D eigenvalue weighted by atomic mass is 32.1. The molecule has 0 spiro atoms. The molecule has 0 radical (unpaired) electrons. The van der Waals surface area contributed by atoms with Crippen molar-refractivity contribution in [2.45, 2.75) is 26.4 Å². The maximum Gasteiger partial charge on any atom is 0.335 e. The Kier molecular flexibility index (Phi) is 4.98. The molecule has 2 saturated heterocycles. The molecule has 4 amide bonds. The molecule has 0 bridgehead atoms. The molecule has 0 saturated carbocycles. The molecule has 0 N–H and O–H groups in total. The number of urea groups is 1. The van der Waals surface area contributed by atoms with E-state index in [2.05, 4.69) is 27.3 Å². The number of imide groups is 2. The highest BCUT2D eigenvalue weighted by Crippen LogP contribution is 2.17. The lowest BCUT2D eigenvalue weighted by Crippen LogP contribution is -2.51. The van der Waals surface area contributed by atoms with Crippen LogP contribution in [-0.4, -0.2) is 76.3 Å². The summed E-state index contributed by atoms with van der Waals surface area (Å²) in [6, 6.07) is 3.38. The van der Waals surface area contributed by atoms with Gasteiger partial charge in [-0.2, -0.15) is 0 Å². The van der Waals surface area contributed by atoms with Crippen LogP contribution in [0.25, 0.3) is 0 Å². The first-order chi connectivity index (χ1) is 11.5. The van der Waals surface area contributed by atoms with Gasteiger partial charge in [0.25, 0.3) is 0 Å². The van der Waals surface area contributed by atoms with Crippen LogP contribution < -0.4 is 0 Å². The lowest BCUT2D eigenvalue weighted by molar-refractivity contribution is -0.144. The first-order valence-electron chi connectivity index (χ1n) is 8.13. The van der Waals surface area contributed by atoms with Crippen LogP contribution in [0, 0.1) is 0 Å². The fourth-order valence-electron chi connectivity index (χ4n) is 3.01. The molecule has 130 valence electrons. The van der Waals surface area contributed by atoms with Gasteiger partial charge in [-0.15, -0.1) is 11.3 Å². The molecule has 1 aromatic heterocycles. The third-order valence-electron chi connectivity index (χ3n) is 4.37. The summed E-state index contributed by atoms with van der Waals surface area (Å²) in [4.78, 5) is 44.1. The van der Waals surface area contributed by atoms with E-state index in [1.54, 1.807) is 25.2 Å². The van der Waals surface area contributed by atoms with E-state index in [1.807, 2.05) is 0 Å². The zero-order valence-corrected chi connectivity index (χ0v) is 14.8. The number of amides is 4. The zero-order valence-electron chi connectivity index (χ0n) is 14.0. The van der Waals surface area contributed by atoms with Crippen molar-refractivity contribution in [1.82, 2.24) is 19.6 Å². The number of piperazine rings is 1. The van der Waals surface area contributed by atoms with Gasteiger partial charge < -0.3 is 0 Å². The molecule has 0 atom stereocenters. The maximum atomic E-state index is 12.3. The number of thiophene rings is 1. The van der Waals surface area contributed by atoms with Crippen molar-refractivity contribution in [3.8, 4) is 0 Å². The summed E-state index contributed by atoms with van der Waals surface area (Å²) in [5, 5.41) is 2.08. The molecule has 2 aliphatic rings. The highest BCUT2D eigenvalue weighted by molar-refractivity contribution is 7.09. The molecule has 0 aromatic carbocycles. The average Bonchev–Trinajstić information content (AvgIpc) is 3.12. The van der Waals surface area contributed by atoms with Crippen molar-refractivity contribution >= 4 is 29.2 Å². The van der Waals surface area contributed by atoms with Crippen molar-refractivity contribution in [1.29, 1.82) is 0 Å². The number of rotatable bonds is 5. The van der Waals surface area contributed by atoms with Crippen LogP contribution in [0.2, 0.25) is 0 Å². The van der Waals surface area contributed by atoms with Gasteiger partial charge in [0, 0.05) is 43.6 Å². The maximum absolute atomic E-state index is 12.3. The molecule has 3 heterocycles. The number of hydrogen-bond donors (Lipinski definition) is 0. The second-order valence-electron chi connectivity index (χ2n) is 6.40. The largest absolute Gasteiger partial charge is 0.335 e. The minimum Gasteiger partial charge on any atom is -0.296 e. The highest BCUT2D eigenvalue weighted by Gasteiger charge is 2.46. The van der Waals surface area contributed by atoms with Gasteiger partial charge >= 0.3 is 17.8 Å². The van der Waals surface area contributed by atoms with Crippen molar-refractivity contribution in [2.75, 3.05) is 32.8 Å². The fraction of sp³-hybridized carbons (Fsp3) is 0.562. The third kappa shape index (κ3) is 3.35. The summed E-state index contributed by atoms with van der Waals surface area (Å²) in [5.74, 6) is -1.43. The lowest BCUT2D eigenvalue weighted by atomic mass is 10.3. The van der Waals surface area contributed by atoms with E-state index >= 15 is 0 Å². The van der Waals surface area contributed by atoms with Gasteiger partial charge in [0.2, 0.25) is 0 Å². The minimum absolute atomic E-state index is 0.194. The molecule has 2 aliphatic heterocycles. The molecule has 1 aromatic rings. The molecular formula is C16H22N4O3S. The van der Waals surface area contributed by atoms with Gasteiger partial charge in [-0.05, 0) is 25.3 Å². The average molecular weight is 350 g/mol. The fourth-order valence-corrected chi connectivity index (χ4v) is 3.76. The second kappa shape index (κ2) is 7.00. The quantitative estimate of drug-likeness (QED) is 0.586. The van der Waals surface area contributed by atoms with E-state index in [0.29, 0.717) is 0 Å². The minimum atomic E-state index is -0.716. The van der Waals surface area contributed by atoms with Gasteiger partial charge in [0.05, 0.1) is 6.67 Å². The Morgan fingerprint density at radius 3 is 2.25 bits per heavy atom. The topological polar surface area (TPSA) is 64.2 Å². The van der Waals surface area contributed by atoms with Crippen molar-refractivity contribution in [2.24, 2.45) is 0 Å². The van der Waals surface area contributed by atoms with Gasteiger partial charge in [-0.3, -0.25) is 24.3 Å². The Morgan fingerprint density at radius 1 is 1.04 bits per heavy atom. The van der Waals surface area contributed by atoms with E-state index < -0.39 is 17.8 Å². The van der Waals surface area contributed by atoms with Gasteiger partial charge in [-0.1, -0.05) is 6.07 Å². The van der Waals surface area contributed by atoms with Crippen molar-refractivity contribution < 1.29 is 14.4 Å². The Balaban J connectivity index is 1.53. The molecule has 24 heavy (non-hydrogen) atoms. The number of carbonyl (C=O) groups excluding carboxylic acids is 3. The standard InChI is InChI=1S/C16H22N4O3S/c1-12(2)20-15(22)14(21)19(16(20)23)11-18-7-5-17(6-8-18)10-13-4-3-9-24-13/h3-4,9,12H,5-8,10-11H2,1-2H3. The number of carbonyl (C=O) groups is 3. The smallest absolute Gasteiger partial charge is 0.296 e. The predicted octanol–water partition coefficient (Wildman–Crippen LogP) is 1.02. The molecule has 0 aliphatic carbocycles. The molecule has 3 rings (SSSR count). The molecule has 8 heteroatoms. The summed E-state index contributed by atoms with van der Waals surface area (Å²) < 4.78 is 0. The van der Waals surface area contributed by atoms with E-state index in [1.165, 1.54) is 4.88 Å². The van der Waals surface area contributed by atoms with Gasteiger partial charge in [0.15, 0.2) is 0 Å². The van der Waals surface area contributed by atoms with Crippen molar-refractivity contribution in [3.63, 3.8) is 0 Å². The van der Waals surface area contributed by atoms with E-state index in [4.69, 9.17) is 0 Å². The summed E-state index contributed by atoms with van der Waals surface area (Å²) in [7, 11) is 0. The summed E-state index contributed by atoms with van der Waals surface area (Å²) >= 11 is 1.75. The van der Waals surface area contributed by atoms with Crippen LogP contribution in [0.5, 0.6) is 0 Å². The SMILES string of the molecule is CC(C)N1C(=O)C(=O)N(CN2CCN(Cc3cccs3)CC2)C1=O. The normalized spacial score (nSPS) is 20.7. The van der Waals surface area contributed by atoms with E-state index in [-0.39, 0.29) is 12.7 Å². The molecule has 2 fully saturated rings. The van der Waals surface area contributed by atoms with Crippen LogP contribution in [0.4, 0.5) is 4.79 Å². The van der Waals surface area contributed by atoms with Crippen LogP contribution in [0.15, 0.2) is 17.5 Å². The van der Waals surface area contributed by atoms with Crippen LogP contribution >= 0.6 is 11.3 Å². The Morgan fingerprint density at radius 2 is 1.71 bits per heavy atom. The first-order valence-corrected chi connectivity index (χ1v) is 9.01. The van der Waals surface area contributed by atoms with Crippen LogP contribution in [0.1, 0.15) is 18.7 Å². The van der Waals surface area contributed by atoms with E-state index in [0.717, 1.165) is 42.5 Å². The summed E-state index contributed by atoms with van der Waals surface area (Å²) in [6.07, 6.45) is 0. The molecule has 7 nitrogen and oxygen atoms in total. The number of nitrogens with zero attached hydrogens (tertiary/aromatic N) is 4. The zero-order chi connectivity index (χ0) is 17.3. The molecule has 0 unspecified atom stereocenters. The summed E-state index contributed by atoms with van der Waals surface area (Å²) in [6.45, 7) is 7.92. The Labute approximate surface area is 145 Å². The van der Waals surface area contributed by atoms with Gasteiger partial charge in [-0.25, -0.2) is 9.69 Å². The van der Waals surface area contributed by atoms with Crippen molar-refractivity contribution in [3.05, 3.63) is 22.4 Å². The second-order valence-corrected chi connectivity index (χ2v) is 7.43. The lowest BCUT2D eigenvalue weighted by Gasteiger charge is -2.35. The molecular weight excluding hydrogens is 328 g/mol. The van der Waals surface area contributed by atoms with Gasteiger partial charge in [0.1, 0.15) is 0 Å². The first kappa shape index (κ1) is 17.1. The van der Waals surface area contributed by atoms with Crippen LogP contribution in [0.3, 0.4) is 0 Å². The number of hydrogen-bond acceptors (Lipinski definition) is 6. The Bertz CT molecular complexity index is 623. The van der Waals surface area contributed by atoms with Crippen LogP contribution in [-0.2, 0) is 16.1 Å². The Hall–Kier alpha value is -1.77.